The van der Waals surface area contributed by atoms with Crippen molar-refractivity contribution in [3.63, 3.8) is 0 Å². The van der Waals surface area contributed by atoms with Gasteiger partial charge in [-0.1, -0.05) is 29.5 Å². The summed E-state index contributed by atoms with van der Waals surface area (Å²) in [6, 6.07) is 13.8. The molecule has 4 aromatic rings. The van der Waals surface area contributed by atoms with E-state index >= 15 is 0 Å². The summed E-state index contributed by atoms with van der Waals surface area (Å²) in [4.78, 5) is 20.1. The van der Waals surface area contributed by atoms with E-state index in [1.54, 1.807) is 4.40 Å². The zero-order valence-corrected chi connectivity index (χ0v) is 15.6. The summed E-state index contributed by atoms with van der Waals surface area (Å²) >= 11 is 5.00. The van der Waals surface area contributed by atoms with Crippen LogP contribution >= 0.6 is 27.3 Å². The molecule has 0 aliphatic carbocycles. The summed E-state index contributed by atoms with van der Waals surface area (Å²) in [5.74, 6) is 0. The first-order valence-corrected chi connectivity index (χ1v) is 9.04. The van der Waals surface area contributed by atoms with Crippen LogP contribution < -0.4 is 15.0 Å². The fourth-order valence-corrected chi connectivity index (χ4v) is 4.48. The molecule has 0 bridgehead atoms. The second-order valence-corrected chi connectivity index (χ2v) is 7.60. The molecule has 0 saturated carbocycles. The fraction of sp³-hybridized carbons (Fsp3) is 0.111. The number of thiazole rings is 1. The predicted octanol–water partition coefficient (Wildman–Crippen LogP) is 3.29. The van der Waals surface area contributed by atoms with Gasteiger partial charge in [-0.3, -0.25) is 4.79 Å². The van der Waals surface area contributed by atoms with Crippen molar-refractivity contribution >= 4 is 55.0 Å². The van der Waals surface area contributed by atoms with Crippen LogP contribution in [0.3, 0.4) is 0 Å². The highest BCUT2D eigenvalue weighted by Crippen LogP contribution is 2.26. The van der Waals surface area contributed by atoms with E-state index in [9.17, 15) is 4.79 Å². The molecule has 0 aliphatic heterocycles. The molecule has 0 amide bonds. The number of anilines is 1. The van der Waals surface area contributed by atoms with Gasteiger partial charge in [0.25, 0.3) is 5.56 Å². The number of nitrogens with zero attached hydrogens (tertiary/aromatic N) is 3. The lowest BCUT2D eigenvalue weighted by Gasteiger charge is -2.14. The first-order valence-electron chi connectivity index (χ1n) is 7.43. The average Bonchev–Trinajstić information content (AvgIpc) is 3.04. The zero-order chi connectivity index (χ0) is 16.8. The number of hydrogen-bond donors (Lipinski definition) is 0. The number of imidazole rings is 1. The van der Waals surface area contributed by atoms with Crippen molar-refractivity contribution < 1.29 is 0 Å². The molecule has 4 nitrogen and oxygen atoms in total. The van der Waals surface area contributed by atoms with Crippen LogP contribution in [0.15, 0.2) is 51.7 Å². The molecular formula is C18H14BrN3OS. The van der Waals surface area contributed by atoms with E-state index in [2.05, 4.69) is 20.9 Å². The van der Waals surface area contributed by atoms with E-state index in [0.717, 1.165) is 31.7 Å². The molecule has 0 saturated heterocycles. The molecule has 0 fully saturated rings. The third-order valence-electron chi connectivity index (χ3n) is 3.90. The van der Waals surface area contributed by atoms with E-state index in [4.69, 9.17) is 0 Å². The van der Waals surface area contributed by atoms with Gasteiger partial charge in [0.1, 0.15) is 0 Å². The van der Waals surface area contributed by atoms with Gasteiger partial charge >= 0.3 is 0 Å². The Bertz CT molecular complexity index is 1180. The lowest BCUT2D eigenvalue weighted by Crippen LogP contribution is -2.22. The van der Waals surface area contributed by atoms with Gasteiger partial charge in [-0.2, -0.15) is 0 Å². The molecular weight excluding hydrogens is 386 g/mol. The van der Waals surface area contributed by atoms with Gasteiger partial charge in [-0.25, -0.2) is 9.38 Å². The van der Waals surface area contributed by atoms with Gasteiger partial charge in [0.2, 0.25) is 0 Å². The third kappa shape index (κ3) is 2.42. The van der Waals surface area contributed by atoms with Gasteiger partial charge in [0.15, 0.2) is 4.96 Å². The second kappa shape index (κ2) is 5.72. The van der Waals surface area contributed by atoms with Crippen LogP contribution in [0.4, 0.5) is 5.69 Å². The monoisotopic (exact) mass is 399 g/mol. The zero-order valence-electron chi connectivity index (χ0n) is 13.2. The van der Waals surface area contributed by atoms with Crippen LogP contribution in [0, 0.1) is 0 Å². The van der Waals surface area contributed by atoms with E-state index in [1.807, 2.05) is 67.5 Å². The van der Waals surface area contributed by atoms with E-state index in [1.165, 1.54) is 11.3 Å². The third-order valence-corrected chi connectivity index (χ3v) is 5.50. The number of fused-ring (bicyclic) bond motifs is 3. The van der Waals surface area contributed by atoms with Crippen molar-refractivity contribution in [2.75, 3.05) is 19.0 Å². The van der Waals surface area contributed by atoms with E-state index < -0.39 is 0 Å². The van der Waals surface area contributed by atoms with Crippen LogP contribution in [-0.2, 0) is 0 Å². The van der Waals surface area contributed by atoms with Gasteiger partial charge in [0.05, 0.1) is 21.3 Å². The van der Waals surface area contributed by atoms with Crippen LogP contribution in [0.2, 0.25) is 0 Å². The van der Waals surface area contributed by atoms with E-state index in [-0.39, 0.29) is 5.56 Å². The molecule has 2 aromatic heterocycles. The lowest BCUT2D eigenvalue weighted by atomic mass is 10.2. The molecule has 120 valence electrons. The molecule has 0 N–H and O–H groups in total. The van der Waals surface area contributed by atoms with Crippen molar-refractivity contribution in [2.24, 2.45) is 0 Å². The number of rotatable bonds is 2. The Morgan fingerprint density at radius 1 is 1.21 bits per heavy atom. The standard InChI is InChI=1S/C18H14BrN3OS/c1-21(2)14-8-7-11(9-12(14)19)10-16-17(23)22-15-6-4-3-5-13(15)20-18(22)24-16/h3-10H,1-2H3. The van der Waals surface area contributed by atoms with Crippen molar-refractivity contribution in [3.05, 3.63) is 67.4 Å². The molecule has 0 spiro atoms. The largest absolute Gasteiger partial charge is 0.377 e. The summed E-state index contributed by atoms with van der Waals surface area (Å²) < 4.78 is 3.38. The normalized spacial score (nSPS) is 12.4. The van der Waals surface area contributed by atoms with Gasteiger partial charge < -0.3 is 4.90 Å². The SMILES string of the molecule is CN(C)c1ccc(C=c2sc3nc4ccccc4n3c2=O)cc1Br. The number of benzene rings is 2. The molecule has 2 aromatic carbocycles. The molecule has 6 heteroatoms. The Kier molecular flexibility index (Phi) is 3.66. The highest BCUT2D eigenvalue weighted by molar-refractivity contribution is 9.10. The Balaban J connectivity index is 1.90. The van der Waals surface area contributed by atoms with Crippen LogP contribution in [0.1, 0.15) is 5.56 Å². The summed E-state index contributed by atoms with van der Waals surface area (Å²) in [5.41, 5.74) is 3.78. The summed E-state index contributed by atoms with van der Waals surface area (Å²) in [7, 11) is 4.00. The van der Waals surface area contributed by atoms with Gasteiger partial charge in [-0.05, 0) is 51.8 Å². The topological polar surface area (TPSA) is 37.6 Å². The molecule has 24 heavy (non-hydrogen) atoms. The number of para-hydroxylation sites is 2. The minimum atomic E-state index is -0.0171. The van der Waals surface area contributed by atoms with Crippen molar-refractivity contribution in [2.45, 2.75) is 0 Å². The molecule has 2 heterocycles. The van der Waals surface area contributed by atoms with Crippen LogP contribution in [-0.4, -0.2) is 23.5 Å². The quantitative estimate of drug-likeness (QED) is 0.518. The maximum absolute atomic E-state index is 12.8. The van der Waals surface area contributed by atoms with Crippen molar-refractivity contribution in [1.82, 2.24) is 9.38 Å². The Labute approximate surface area is 150 Å². The first kappa shape index (κ1) is 15.4. The van der Waals surface area contributed by atoms with Crippen molar-refractivity contribution in [3.8, 4) is 0 Å². The Morgan fingerprint density at radius 3 is 2.75 bits per heavy atom. The minimum absolute atomic E-state index is 0.0171. The number of halogens is 1. The lowest BCUT2D eigenvalue weighted by molar-refractivity contribution is 1.12. The van der Waals surface area contributed by atoms with Gasteiger partial charge in [0, 0.05) is 18.6 Å². The maximum atomic E-state index is 12.8. The van der Waals surface area contributed by atoms with Crippen molar-refractivity contribution in [1.29, 1.82) is 0 Å². The highest BCUT2D eigenvalue weighted by Gasteiger charge is 2.10. The van der Waals surface area contributed by atoms with Gasteiger partial charge in [-0.15, -0.1) is 0 Å². The summed E-state index contributed by atoms with van der Waals surface area (Å²) in [5, 5.41) is 0. The van der Waals surface area contributed by atoms with E-state index in [0.29, 0.717) is 4.53 Å². The average molecular weight is 400 g/mol. The molecule has 0 aliphatic rings. The fourth-order valence-electron chi connectivity index (χ4n) is 2.74. The minimum Gasteiger partial charge on any atom is -0.377 e. The molecule has 4 rings (SSSR count). The highest BCUT2D eigenvalue weighted by atomic mass is 79.9. The number of aromatic nitrogens is 2. The predicted molar refractivity (Wildman–Crippen MR) is 104 cm³/mol. The maximum Gasteiger partial charge on any atom is 0.274 e. The Hall–Kier alpha value is -2.18. The summed E-state index contributed by atoms with van der Waals surface area (Å²) in [6.45, 7) is 0. The number of hydrogen-bond acceptors (Lipinski definition) is 4. The van der Waals surface area contributed by atoms with Crippen LogP contribution in [0.5, 0.6) is 0 Å². The molecule has 0 radical (unpaired) electrons. The second-order valence-electron chi connectivity index (χ2n) is 5.74. The molecule has 0 atom stereocenters. The first-order chi connectivity index (χ1) is 11.5. The Morgan fingerprint density at radius 2 is 2.00 bits per heavy atom. The van der Waals surface area contributed by atoms with Crippen LogP contribution in [0.25, 0.3) is 22.1 Å². The smallest absolute Gasteiger partial charge is 0.274 e. The molecule has 0 unspecified atom stereocenters. The summed E-state index contributed by atoms with van der Waals surface area (Å²) in [6.07, 6.45) is 1.92.